The van der Waals surface area contributed by atoms with Crippen molar-refractivity contribution in [3.63, 3.8) is 0 Å². The third-order valence-electron chi connectivity index (χ3n) is 3.57. The number of hydrogen-bond acceptors (Lipinski definition) is 4. The topological polar surface area (TPSA) is 72.8 Å². The van der Waals surface area contributed by atoms with Crippen LogP contribution in [0.1, 0.15) is 18.1 Å². The summed E-state index contributed by atoms with van der Waals surface area (Å²) in [6.45, 7) is 4.78. The van der Waals surface area contributed by atoms with E-state index in [9.17, 15) is 15.0 Å². The van der Waals surface area contributed by atoms with Gasteiger partial charge in [0.05, 0.1) is 19.8 Å². The lowest BCUT2D eigenvalue weighted by atomic mass is 9.92. The van der Waals surface area contributed by atoms with Crippen molar-refractivity contribution in [1.82, 2.24) is 10.2 Å². The number of benzene rings is 1. The van der Waals surface area contributed by atoms with Crippen molar-refractivity contribution in [2.45, 2.75) is 20.4 Å². The maximum atomic E-state index is 11.9. The average Bonchev–Trinajstić information content (AvgIpc) is 2.46. The largest absolute Gasteiger partial charge is 0.396 e. The number of aliphatic hydroxyl groups excluding tert-OH is 2. The monoisotopic (exact) mass is 294 g/mol. The van der Waals surface area contributed by atoms with Gasteiger partial charge in [-0.15, -0.1) is 0 Å². The van der Waals surface area contributed by atoms with Crippen molar-refractivity contribution < 1.29 is 15.0 Å². The number of carbonyl (C=O) groups excluding carboxylic acids is 1. The van der Waals surface area contributed by atoms with Gasteiger partial charge in [0.25, 0.3) is 0 Å². The van der Waals surface area contributed by atoms with Gasteiger partial charge >= 0.3 is 0 Å². The van der Waals surface area contributed by atoms with Gasteiger partial charge in [-0.05, 0) is 25.1 Å². The smallest absolute Gasteiger partial charge is 0.234 e. The summed E-state index contributed by atoms with van der Waals surface area (Å²) in [5.74, 6) is -0.0704. The number of aliphatic hydroxyl groups is 2. The highest BCUT2D eigenvalue weighted by atomic mass is 16.3. The molecule has 0 aliphatic rings. The predicted octanol–water partition coefficient (Wildman–Crippen LogP) is 0.534. The highest BCUT2D eigenvalue weighted by Crippen LogP contribution is 2.15. The molecule has 0 aliphatic heterocycles. The minimum Gasteiger partial charge on any atom is -0.396 e. The van der Waals surface area contributed by atoms with Crippen LogP contribution in [0.4, 0.5) is 0 Å². The summed E-state index contributed by atoms with van der Waals surface area (Å²) in [5, 5.41) is 21.4. The van der Waals surface area contributed by atoms with Crippen LogP contribution >= 0.6 is 0 Å². The minimum atomic E-state index is -0.592. The number of amides is 1. The fraction of sp³-hybridized carbons (Fsp3) is 0.562. The van der Waals surface area contributed by atoms with Gasteiger partial charge in [0.1, 0.15) is 0 Å². The first-order chi connectivity index (χ1) is 9.90. The molecule has 5 nitrogen and oxygen atoms in total. The molecule has 0 radical (unpaired) electrons. The Morgan fingerprint density at radius 3 is 2.48 bits per heavy atom. The summed E-state index contributed by atoms with van der Waals surface area (Å²) >= 11 is 0. The number of carbonyl (C=O) groups is 1. The first-order valence-electron chi connectivity index (χ1n) is 7.11. The van der Waals surface area contributed by atoms with E-state index in [2.05, 4.69) is 5.32 Å². The zero-order chi connectivity index (χ0) is 15.9. The number of nitrogens with one attached hydrogen (secondary N) is 1. The van der Waals surface area contributed by atoms with E-state index in [0.717, 1.165) is 11.1 Å². The minimum absolute atomic E-state index is 0.0704. The van der Waals surface area contributed by atoms with Crippen LogP contribution in [0.25, 0.3) is 0 Å². The van der Waals surface area contributed by atoms with Crippen LogP contribution in [0, 0.1) is 12.3 Å². The van der Waals surface area contributed by atoms with Crippen molar-refractivity contribution in [1.29, 1.82) is 0 Å². The van der Waals surface area contributed by atoms with Crippen LogP contribution in [0.15, 0.2) is 24.3 Å². The molecule has 0 saturated heterocycles. The normalized spacial score (nSPS) is 11.7. The second-order valence-electron chi connectivity index (χ2n) is 6.00. The van der Waals surface area contributed by atoms with Crippen molar-refractivity contribution in [2.75, 3.05) is 33.4 Å². The van der Waals surface area contributed by atoms with E-state index in [1.165, 1.54) is 0 Å². The Morgan fingerprint density at radius 1 is 1.29 bits per heavy atom. The summed E-state index contributed by atoms with van der Waals surface area (Å²) in [6, 6.07) is 7.93. The number of nitrogens with zero attached hydrogens (tertiary/aromatic N) is 1. The van der Waals surface area contributed by atoms with Gasteiger partial charge in [-0.3, -0.25) is 9.69 Å². The summed E-state index contributed by atoms with van der Waals surface area (Å²) in [5.41, 5.74) is 1.66. The van der Waals surface area contributed by atoms with Crippen molar-refractivity contribution in [3.05, 3.63) is 35.4 Å². The summed E-state index contributed by atoms with van der Waals surface area (Å²) < 4.78 is 0. The first kappa shape index (κ1) is 17.6. The van der Waals surface area contributed by atoms with Crippen LogP contribution in [0.2, 0.25) is 0 Å². The number of aryl methyl sites for hydroxylation is 1. The molecule has 0 aromatic heterocycles. The summed E-state index contributed by atoms with van der Waals surface area (Å²) in [6.07, 6.45) is 0. The lowest BCUT2D eigenvalue weighted by molar-refractivity contribution is -0.122. The van der Waals surface area contributed by atoms with E-state index >= 15 is 0 Å². The molecule has 0 saturated carbocycles. The van der Waals surface area contributed by atoms with Crippen molar-refractivity contribution in [3.8, 4) is 0 Å². The molecule has 0 spiro atoms. The lowest BCUT2D eigenvalue weighted by Gasteiger charge is -2.29. The fourth-order valence-electron chi connectivity index (χ4n) is 2.16. The average molecular weight is 294 g/mol. The Balaban J connectivity index is 2.42. The molecule has 0 atom stereocenters. The second-order valence-corrected chi connectivity index (χ2v) is 6.00. The number of rotatable bonds is 8. The Hall–Kier alpha value is -1.43. The third kappa shape index (κ3) is 5.83. The zero-order valence-corrected chi connectivity index (χ0v) is 13.1. The van der Waals surface area contributed by atoms with Crippen LogP contribution in [-0.2, 0) is 11.3 Å². The van der Waals surface area contributed by atoms with E-state index < -0.39 is 5.41 Å². The predicted molar refractivity (Wildman–Crippen MR) is 82.8 cm³/mol. The molecule has 5 heteroatoms. The van der Waals surface area contributed by atoms with Gasteiger partial charge in [0.15, 0.2) is 0 Å². The highest BCUT2D eigenvalue weighted by molar-refractivity contribution is 5.78. The van der Waals surface area contributed by atoms with Gasteiger partial charge in [-0.25, -0.2) is 0 Å². The molecule has 1 aromatic carbocycles. The van der Waals surface area contributed by atoms with Gasteiger partial charge in [-0.2, -0.15) is 0 Å². The SMILES string of the molecule is Cc1ccccc1CNC(=O)CN(C)CC(C)(CO)CO. The molecule has 3 N–H and O–H groups in total. The van der Waals surface area contributed by atoms with E-state index in [1.54, 1.807) is 18.9 Å². The highest BCUT2D eigenvalue weighted by Gasteiger charge is 2.25. The van der Waals surface area contributed by atoms with E-state index in [4.69, 9.17) is 0 Å². The summed E-state index contributed by atoms with van der Waals surface area (Å²) in [4.78, 5) is 13.7. The molecule has 21 heavy (non-hydrogen) atoms. The number of hydrogen-bond donors (Lipinski definition) is 3. The van der Waals surface area contributed by atoms with Gasteiger partial charge in [0, 0.05) is 18.5 Å². The third-order valence-corrected chi connectivity index (χ3v) is 3.57. The molecule has 0 heterocycles. The summed E-state index contributed by atoms with van der Waals surface area (Å²) in [7, 11) is 1.80. The van der Waals surface area contributed by atoms with Crippen LogP contribution in [0.3, 0.4) is 0 Å². The molecule has 1 rings (SSSR count). The molecule has 0 unspecified atom stereocenters. The molecule has 1 aromatic rings. The van der Waals surface area contributed by atoms with Gasteiger partial charge in [0.2, 0.25) is 5.91 Å². The standard InChI is InChI=1S/C16H26N2O3/c1-13-6-4-5-7-14(13)8-17-15(21)9-18(3)10-16(2,11-19)12-20/h4-7,19-20H,8-12H2,1-3H3,(H,17,21). The lowest BCUT2D eigenvalue weighted by Crippen LogP contribution is -2.43. The Kier molecular flexibility index (Phi) is 6.81. The molecule has 1 amide bonds. The van der Waals surface area contributed by atoms with Crippen molar-refractivity contribution >= 4 is 5.91 Å². The van der Waals surface area contributed by atoms with Crippen molar-refractivity contribution in [2.24, 2.45) is 5.41 Å². The molecule has 0 fully saturated rings. The van der Waals surface area contributed by atoms with Crippen LogP contribution in [0.5, 0.6) is 0 Å². The fourth-order valence-corrected chi connectivity index (χ4v) is 2.16. The number of likely N-dealkylation sites (N-methyl/N-ethyl adjacent to an activating group) is 1. The second kappa shape index (κ2) is 8.12. The Morgan fingerprint density at radius 2 is 1.90 bits per heavy atom. The first-order valence-corrected chi connectivity index (χ1v) is 7.11. The maximum Gasteiger partial charge on any atom is 0.234 e. The maximum absolute atomic E-state index is 11.9. The molecule has 0 bridgehead atoms. The van der Waals surface area contributed by atoms with Gasteiger partial charge < -0.3 is 15.5 Å². The molecular formula is C16H26N2O3. The molecule has 118 valence electrons. The Labute approximate surface area is 126 Å². The van der Waals surface area contributed by atoms with Crippen LogP contribution < -0.4 is 5.32 Å². The van der Waals surface area contributed by atoms with E-state index in [1.807, 2.05) is 31.2 Å². The quantitative estimate of drug-likeness (QED) is 0.654. The van der Waals surface area contributed by atoms with Gasteiger partial charge in [-0.1, -0.05) is 31.2 Å². The van der Waals surface area contributed by atoms with Crippen LogP contribution in [-0.4, -0.2) is 54.4 Å². The zero-order valence-electron chi connectivity index (χ0n) is 13.1. The molecule has 0 aliphatic carbocycles. The van der Waals surface area contributed by atoms with E-state index in [-0.39, 0.29) is 25.7 Å². The van der Waals surface area contributed by atoms with E-state index in [0.29, 0.717) is 13.1 Å². The molecular weight excluding hydrogens is 268 g/mol. The Bertz CT molecular complexity index is 459.